The van der Waals surface area contributed by atoms with Gasteiger partial charge in [-0.1, -0.05) is 6.07 Å². The number of halogens is 2. The van der Waals surface area contributed by atoms with E-state index >= 15 is 0 Å². The molecule has 1 aromatic heterocycles. The van der Waals surface area contributed by atoms with E-state index in [9.17, 15) is 9.18 Å². The van der Waals surface area contributed by atoms with Gasteiger partial charge in [0.15, 0.2) is 0 Å². The number of hydrogen-bond donors (Lipinski definition) is 0. The summed E-state index contributed by atoms with van der Waals surface area (Å²) in [6, 6.07) is 6.33. The van der Waals surface area contributed by atoms with Crippen LogP contribution in [0.4, 0.5) is 4.39 Å². The number of carbonyl (C=O) groups excluding carboxylic acids is 1. The van der Waals surface area contributed by atoms with Crippen molar-refractivity contribution in [1.82, 2.24) is 0 Å². The van der Waals surface area contributed by atoms with Crippen molar-refractivity contribution in [3.8, 4) is 5.75 Å². The Balaban J connectivity index is 2.48. The molecule has 2 nitrogen and oxygen atoms in total. The number of hydrogen-bond acceptors (Lipinski definition) is 3. The highest BCUT2D eigenvalue weighted by atomic mass is 79.9. The zero-order valence-corrected chi connectivity index (χ0v) is 11.3. The van der Waals surface area contributed by atoms with Crippen molar-refractivity contribution in [1.29, 1.82) is 0 Å². The molecule has 0 unspecified atom stereocenters. The molecule has 0 N–H and O–H groups in total. The van der Waals surface area contributed by atoms with Gasteiger partial charge in [-0.3, -0.25) is 4.79 Å². The topological polar surface area (TPSA) is 26.3 Å². The van der Waals surface area contributed by atoms with Crippen LogP contribution in [-0.2, 0) is 0 Å². The molecule has 2 aromatic rings. The third kappa shape index (κ3) is 2.25. The first kappa shape index (κ1) is 12.3. The van der Waals surface area contributed by atoms with Crippen LogP contribution < -0.4 is 4.74 Å². The third-order valence-electron chi connectivity index (χ3n) is 2.25. The smallest absolute Gasteiger partial charge is 0.209 e. The van der Waals surface area contributed by atoms with Crippen LogP contribution >= 0.6 is 27.3 Å². The summed E-state index contributed by atoms with van der Waals surface area (Å²) in [7, 11) is 1.48. The third-order valence-corrected chi connectivity index (χ3v) is 3.76. The first-order valence-corrected chi connectivity index (χ1v) is 6.42. The van der Waals surface area contributed by atoms with Crippen LogP contribution in [0, 0.1) is 5.82 Å². The van der Waals surface area contributed by atoms with E-state index in [1.54, 1.807) is 23.6 Å². The zero-order chi connectivity index (χ0) is 12.4. The Morgan fingerprint density at radius 1 is 1.41 bits per heavy atom. The van der Waals surface area contributed by atoms with Gasteiger partial charge in [0.25, 0.3) is 0 Å². The maximum Gasteiger partial charge on any atom is 0.209 e. The fraction of sp³-hybridized carbons (Fsp3) is 0.0833. The molecule has 0 fully saturated rings. The predicted molar refractivity (Wildman–Crippen MR) is 68.4 cm³/mol. The molecule has 0 atom stereocenters. The fourth-order valence-corrected chi connectivity index (χ4v) is 2.60. The quantitative estimate of drug-likeness (QED) is 0.803. The van der Waals surface area contributed by atoms with Crippen molar-refractivity contribution in [2.45, 2.75) is 0 Å². The highest BCUT2D eigenvalue weighted by molar-refractivity contribution is 9.10. The van der Waals surface area contributed by atoms with Gasteiger partial charge in [-0.2, -0.15) is 0 Å². The van der Waals surface area contributed by atoms with Gasteiger partial charge in [0.05, 0.1) is 17.1 Å². The lowest BCUT2D eigenvalue weighted by Crippen LogP contribution is -2.04. The maximum absolute atomic E-state index is 13.8. The van der Waals surface area contributed by atoms with Gasteiger partial charge >= 0.3 is 0 Å². The molecule has 1 aromatic carbocycles. The molecule has 0 bridgehead atoms. The Hall–Kier alpha value is -1.20. The van der Waals surface area contributed by atoms with Crippen LogP contribution in [-0.4, -0.2) is 12.9 Å². The van der Waals surface area contributed by atoms with Crippen LogP contribution in [0.15, 0.2) is 34.1 Å². The van der Waals surface area contributed by atoms with E-state index < -0.39 is 5.82 Å². The van der Waals surface area contributed by atoms with Crippen LogP contribution in [0.2, 0.25) is 0 Å². The summed E-state index contributed by atoms with van der Waals surface area (Å²) in [5.41, 5.74) is 0.0418. The van der Waals surface area contributed by atoms with E-state index in [2.05, 4.69) is 15.9 Å². The van der Waals surface area contributed by atoms with Gasteiger partial charge in [-0.05, 0) is 39.5 Å². The molecular weight excluding hydrogens is 307 g/mol. The molecule has 0 radical (unpaired) electrons. The summed E-state index contributed by atoms with van der Waals surface area (Å²) in [4.78, 5) is 12.5. The molecule has 0 amide bonds. The Labute approximate surface area is 110 Å². The summed E-state index contributed by atoms with van der Waals surface area (Å²) >= 11 is 4.29. The monoisotopic (exact) mass is 314 g/mol. The number of methoxy groups -OCH3 is 1. The van der Waals surface area contributed by atoms with E-state index in [1.165, 1.54) is 24.5 Å². The molecule has 5 heteroatoms. The van der Waals surface area contributed by atoms with Crippen molar-refractivity contribution >= 4 is 33.0 Å². The average Bonchev–Trinajstić information content (AvgIpc) is 2.80. The molecule has 0 saturated carbocycles. The lowest BCUT2D eigenvalue weighted by Gasteiger charge is -2.04. The van der Waals surface area contributed by atoms with E-state index in [-0.39, 0.29) is 15.8 Å². The summed E-state index contributed by atoms with van der Waals surface area (Å²) in [6.45, 7) is 0. The predicted octanol–water partition coefficient (Wildman–Crippen LogP) is 3.89. The molecule has 0 aliphatic carbocycles. The lowest BCUT2D eigenvalue weighted by molar-refractivity contribution is 0.103. The van der Waals surface area contributed by atoms with Crippen LogP contribution in [0.25, 0.3) is 0 Å². The maximum atomic E-state index is 13.8. The molecule has 17 heavy (non-hydrogen) atoms. The van der Waals surface area contributed by atoms with Crippen molar-refractivity contribution in [2.24, 2.45) is 0 Å². The second-order valence-corrected chi connectivity index (χ2v) is 5.02. The highest BCUT2D eigenvalue weighted by Gasteiger charge is 2.20. The first-order chi connectivity index (χ1) is 8.15. The van der Waals surface area contributed by atoms with Crippen molar-refractivity contribution in [2.75, 3.05) is 7.11 Å². The standard InChI is InChI=1S/C12H8BrFO2S/c1-16-9-5-6-17-12(9)11(15)7-3-2-4-8(13)10(7)14/h2-6H,1H3. The summed E-state index contributed by atoms with van der Waals surface area (Å²) < 4.78 is 19.1. The number of ketones is 1. The van der Waals surface area contributed by atoms with Gasteiger partial charge in [-0.15, -0.1) is 11.3 Å². The summed E-state index contributed by atoms with van der Waals surface area (Å²) in [5.74, 6) is -0.442. The van der Waals surface area contributed by atoms with Crippen LogP contribution in [0.5, 0.6) is 5.75 Å². The van der Waals surface area contributed by atoms with E-state index in [1.807, 2.05) is 0 Å². The molecule has 0 aliphatic heterocycles. The van der Waals surface area contributed by atoms with E-state index in [0.717, 1.165) is 0 Å². The van der Waals surface area contributed by atoms with Crippen molar-refractivity contribution in [3.05, 3.63) is 50.4 Å². The largest absolute Gasteiger partial charge is 0.495 e. The second-order valence-electron chi connectivity index (χ2n) is 3.25. The molecule has 1 heterocycles. The average molecular weight is 315 g/mol. The Kier molecular flexibility index (Phi) is 3.59. The molecular formula is C12H8BrFO2S. The Morgan fingerprint density at radius 3 is 2.88 bits per heavy atom. The zero-order valence-electron chi connectivity index (χ0n) is 8.87. The minimum absolute atomic E-state index is 0.0418. The van der Waals surface area contributed by atoms with Crippen molar-refractivity contribution in [3.63, 3.8) is 0 Å². The number of ether oxygens (including phenoxy) is 1. The number of carbonyl (C=O) groups is 1. The minimum Gasteiger partial charge on any atom is -0.495 e. The Bertz CT molecular complexity index is 565. The molecule has 88 valence electrons. The highest BCUT2D eigenvalue weighted by Crippen LogP contribution is 2.29. The van der Waals surface area contributed by atoms with Gasteiger partial charge < -0.3 is 4.74 Å². The Morgan fingerprint density at radius 2 is 2.18 bits per heavy atom. The van der Waals surface area contributed by atoms with Gasteiger partial charge in [0.1, 0.15) is 16.4 Å². The van der Waals surface area contributed by atoms with Crippen molar-refractivity contribution < 1.29 is 13.9 Å². The van der Waals surface area contributed by atoms with E-state index in [0.29, 0.717) is 10.6 Å². The van der Waals surface area contributed by atoms with Gasteiger partial charge in [-0.25, -0.2) is 4.39 Å². The number of rotatable bonds is 3. The SMILES string of the molecule is COc1ccsc1C(=O)c1cccc(Br)c1F. The first-order valence-electron chi connectivity index (χ1n) is 4.75. The minimum atomic E-state index is -0.548. The van der Waals surface area contributed by atoms with E-state index in [4.69, 9.17) is 4.74 Å². The molecule has 0 spiro atoms. The fourth-order valence-electron chi connectivity index (χ4n) is 1.43. The number of benzene rings is 1. The van der Waals surface area contributed by atoms with Crippen LogP contribution in [0.3, 0.4) is 0 Å². The second kappa shape index (κ2) is 4.98. The summed E-state index contributed by atoms with van der Waals surface area (Å²) in [5, 5.41) is 1.74. The molecule has 0 aliphatic rings. The summed E-state index contributed by atoms with van der Waals surface area (Å²) in [6.07, 6.45) is 0. The lowest BCUT2D eigenvalue weighted by atomic mass is 10.1. The van der Waals surface area contributed by atoms with Crippen LogP contribution in [0.1, 0.15) is 15.2 Å². The van der Waals surface area contributed by atoms with Gasteiger partial charge in [0.2, 0.25) is 5.78 Å². The molecule has 2 rings (SSSR count). The molecule has 0 saturated heterocycles. The number of thiophene rings is 1. The normalized spacial score (nSPS) is 10.3. The van der Waals surface area contributed by atoms with Gasteiger partial charge in [0, 0.05) is 0 Å².